The number of rotatable bonds is 2. The van der Waals surface area contributed by atoms with E-state index in [4.69, 9.17) is 10.8 Å². The zero-order chi connectivity index (χ0) is 9.84. The van der Waals surface area contributed by atoms with Crippen molar-refractivity contribution in [3.63, 3.8) is 0 Å². The molecule has 0 aromatic heterocycles. The van der Waals surface area contributed by atoms with Gasteiger partial charge in [0.1, 0.15) is 0 Å². The van der Waals surface area contributed by atoms with Gasteiger partial charge in [-0.3, -0.25) is 0 Å². The van der Waals surface area contributed by atoms with Crippen molar-refractivity contribution in [1.29, 1.82) is 0 Å². The molecule has 0 saturated heterocycles. The van der Waals surface area contributed by atoms with Gasteiger partial charge < -0.3 is 16.2 Å². The maximum atomic E-state index is 10.2. The predicted octanol–water partition coefficient (Wildman–Crippen LogP) is 1.34. The average Bonchev–Trinajstić information content (AvgIpc) is 2.03. The molecule has 0 aliphatic carbocycles. The molecule has 4 nitrogen and oxygen atoms in total. The predicted molar refractivity (Wildman–Crippen MR) is 50.5 cm³/mol. The second-order valence-corrected chi connectivity index (χ2v) is 2.80. The van der Waals surface area contributed by atoms with Gasteiger partial charge in [-0.15, -0.1) is 0 Å². The Balaban J connectivity index is 2.81. The molecule has 0 spiro atoms. The summed E-state index contributed by atoms with van der Waals surface area (Å²) in [7, 11) is 0. The smallest absolute Gasteiger partial charge is 0.404 e. The summed E-state index contributed by atoms with van der Waals surface area (Å²) in [6.45, 7) is 2.16. The third kappa shape index (κ3) is 2.37. The molecule has 0 radical (unpaired) electrons. The first-order chi connectivity index (χ1) is 6.11. The number of aryl methyl sites for hydroxylation is 1. The van der Waals surface area contributed by atoms with Crippen molar-refractivity contribution in [3.05, 3.63) is 29.3 Å². The lowest BCUT2D eigenvalue weighted by molar-refractivity contribution is 0.194. The number of nitrogens with one attached hydrogen (secondary N) is 1. The quantitative estimate of drug-likeness (QED) is 0.601. The lowest BCUT2D eigenvalue weighted by atomic mass is 10.1. The number of benzene rings is 1. The summed E-state index contributed by atoms with van der Waals surface area (Å²) in [5.74, 6) is 0. The van der Waals surface area contributed by atoms with Crippen molar-refractivity contribution < 1.29 is 9.90 Å². The Kier molecular flexibility index (Phi) is 2.74. The monoisotopic (exact) mass is 180 g/mol. The summed E-state index contributed by atoms with van der Waals surface area (Å²) in [4.78, 5) is 10.2. The lowest BCUT2D eigenvalue weighted by Gasteiger charge is -2.08. The maximum Gasteiger partial charge on any atom is 0.404 e. The van der Waals surface area contributed by atoms with E-state index in [0.717, 1.165) is 11.1 Å². The minimum Gasteiger partial charge on any atom is -0.465 e. The SMILES string of the molecule is Cc1cccc(N)c1CNC(=O)O. The molecule has 0 unspecified atom stereocenters. The van der Waals surface area contributed by atoms with Crippen LogP contribution < -0.4 is 11.1 Å². The molecule has 4 heteroatoms. The Morgan fingerprint density at radius 2 is 2.31 bits per heavy atom. The second kappa shape index (κ2) is 3.80. The number of carbonyl (C=O) groups is 1. The molecule has 1 amide bonds. The topological polar surface area (TPSA) is 75.3 Å². The Hall–Kier alpha value is -1.71. The van der Waals surface area contributed by atoms with E-state index in [2.05, 4.69) is 5.32 Å². The van der Waals surface area contributed by atoms with Crippen LogP contribution in [-0.2, 0) is 6.54 Å². The van der Waals surface area contributed by atoms with Crippen molar-refractivity contribution in [3.8, 4) is 0 Å². The van der Waals surface area contributed by atoms with Gasteiger partial charge in [0.25, 0.3) is 0 Å². The van der Waals surface area contributed by atoms with E-state index in [1.165, 1.54) is 0 Å². The molecule has 0 bridgehead atoms. The number of amides is 1. The highest BCUT2D eigenvalue weighted by atomic mass is 16.4. The number of nitrogen functional groups attached to an aromatic ring is 1. The van der Waals surface area contributed by atoms with Gasteiger partial charge in [-0.1, -0.05) is 12.1 Å². The molecule has 70 valence electrons. The Morgan fingerprint density at radius 3 is 2.85 bits per heavy atom. The van der Waals surface area contributed by atoms with Crippen molar-refractivity contribution in [1.82, 2.24) is 5.32 Å². The van der Waals surface area contributed by atoms with Gasteiger partial charge >= 0.3 is 6.09 Å². The standard InChI is InChI=1S/C9H12N2O2/c1-6-3-2-4-8(10)7(6)5-11-9(12)13/h2-4,11H,5,10H2,1H3,(H,12,13). The maximum absolute atomic E-state index is 10.2. The van der Waals surface area contributed by atoms with E-state index in [1.54, 1.807) is 6.07 Å². The van der Waals surface area contributed by atoms with Gasteiger partial charge in [-0.25, -0.2) is 4.79 Å². The molecule has 0 heterocycles. The first-order valence-corrected chi connectivity index (χ1v) is 3.92. The van der Waals surface area contributed by atoms with Crippen LogP contribution in [0.15, 0.2) is 18.2 Å². The van der Waals surface area contributed by atoms with Crippen LogP contribution in [0.3, 0.4) is 0 Å². The highest BCUT2D eigenvalue weighted by molar-refractivity contribution is 5.65. The minimum atomic E-state index is -1.04. The van der Waals surface area contributed by atoms with Crippen molar-refractivity contribution in [2.75, 3.05) is 5.73 Å². The number of hydrogen-bond donors (Lipinski definition) is 3. The molecule has 0 fully saturated rings. The van der Waals surface area contributed by atoms with Crippen LogP contribution in [0.5, 0.6) is 0 Å². The van der Waals surface area contributed by atoms with Crippen molar-refractivity contribution in [2.24, 2.45) is 0 Å². The van der Waals surface area contributed by atoms with Gasteiger partial charge in [0, 0.05) is 12.2 Å². The third-order valence-electron chi connectivity index (χ3n) is 1.86. The zero-order valence-corrected chi connectivity index (χ0v) is 7.37. The Bertz CT molecular complexity index is 303. The normalized spacial score (nSPS) is 9.62. The van der Waals surface area contributed by atoms with E-state index in [0.29, 0.717) is 5.69 Å². The summed E-state index contributed by atoms with van der Waals surface area (Å²) in [5.41, 5.74) is 8.13. The van der Waals surface area contributed by atoms with Crippen LogP contribution in [0.25, 0.3) is 0 Å². The average molecular weight is 180 g/mol. The van der Waals surface area contributed by atoms with E-state index in [9.17, 15) is 4.79 Å². The van der Waals surface area contributed by atoms with E-state index >= 15 is 0 Å². The summed E-state index contributed by atoms with van der Waals surface area (Å²) in [6.07, 6.45) is -1.04. The van der Waals surface area contributed by atoms with Crippen LogP contribution in [0.4, 0.5) is 10.5 Å². The largest absolute Gasteiger partial charge is 0.465 e. The number of hydrogen-bond acceptors (Lipinski definition) is 2. The first kappa shape index (κ1) is 9.38. The molecular weight excluding hydrogens is 168 g/mol. The van der Waals surface area contributed by atoms with Crippen LogP contribution >= 0.6 is 0 Å². The number of nitrogens with two attached hydrogens (primary N) is 1. The number of carboxylic acid groups (broad SMARTS) is 1. The fourth-order valence-electron chi connectivity index (χ4n) is 1.13. The van der Waals surface area contributed by atoms with Crippen LogP contribution in [0.1, 0.15) is 11.1 Å². The fraction of sp³-hybridized carbons (Fsp3) is 0.222. The van der Waals surface area contributed by atoms with Gasteiger partial charge in [0.2, 0.25) is 0 Å². The molecule has 0 aliphatic rings. The number of anilines is 1. The summed E-state index contributed by atoms with van der Waals surface area (Å²) < 4.78 is 0. The molecule has 0 aliphatic heterocycles. The molecule has 0 atom stereocenters. The molecule has 1 rings (SSSR count). The van der Waals surface area contributed by atoms with Crippen molar-refractivity contribution in [2.45, 2.75) is 13.5 Å². The van der Waals surface area contributed by atoms with Crippen LogP contribution in [0.2, 0.25) is 0 Å². The zero-order valence-electron chi connectivity index (χ0n) is 7.37. The van der Waals surface area contributed by atoms with Gasteiger partial charge in [0.15, 0.2) is 0 Å². The summed E-state index contributed by atoms with van der Waals surface area (Å²) in [6, 6.07) is 5.50. The Morgan fingerprint density at radius 1 is 1.62 bits per heavy atom. The molecule has 13 heavy (non-hydrogen) atoms. The molecule has 1 aromatic rings. The third-order valence-corrected chi connectivity index (χ3v) is 1.86. The van der Waals surface area contributed by atoms with Gasteiger partial charge in [-0.05, 0) is 24.1 Å². The van der Waals surface area contributed by atoms with E-state index in [1.807, 2.05) is 19.1 Å². The van der Waals surface area contributed by atoms with Crippen molar-refractivity contribution >= 4 is 11.8 Å². The van der Waals surface area contributed by atoms with Gasteiger partial charge in [0.05, 0.1) is 0 Å². The second-order valence-electron chi connectivity index (χ2n) is 2.80. The molecule has 0 saturated carbocycles. The lowest BCUT2D eigenvalue weighted by Crippen LogP contribution is -2.21. The highest BCUT2D eigenvalue weighted by Gasteiger charge is 2.03. The van der Waals surface area contributed by atoms with Crippen LogP contribution in [0, 0.1) is 6.92 Å². The van der Waals surface area contributed by atoms with Crippen LogP contribution in [-0.4, -0.2) is 11.2 Å². The highest BCUT2D eigenvalue weighted by Crippen LogP contribution is 2.15. The summed E-state index contributed by atoms with van der Waals surface area (Å²) >= 11 is 0. The fourth-order valence-corrected chi connectivity index (χ4v) is 1.13. The Labute approximate surface area is 76.4 Å². The van der Waals surface area contributed by atoms with E-state index < -0.39 is 6.09 Å². The first-order valence-electron chi connectivity index (χ1n) is 3.92. The molecular formula is C9H12N2O2. The summed E-state index contributed by atoms with van der Waals surface area (Å²) in [5, 5.41) is 10.7. The van der Waals surface area contributed by atoms with Gasteiger partial charge in [-0.2, -0.15) is 0 Å². The molecule has 1 aromatic carbocycles. The minimum absolute atomic E-state index is 0.258. The van der Waals surface area contributed by atoms with E-state index in [-0.39, 0.29) is 6.54 Å². The molecule has 4 N–H and O–H groups in total.